The zero-order chi connectivity index (χ0) is 15.0. The average molecular weight is 276 g/mol. The van der Waals surface area contributed by atoms with Crippen molar-refractivity contribution in [1.29, 1.82) is 0 Å². The first kappa shape index (κ1) is 16.2. The van der Waals surface area contributed by atoms with Gasteiger partial charge in [0.15, 0.2) is 5.82 Å². The van der Waals surface area contributed by atoms with Gasteiger partial charge in [0.1, 0.15) is 6.33 Å². The van der Waals surface area contributed by atoms with E-state index in [4.69, 9.17) is 5.73 Å². The van der Waals surface area contributed by atoms with Crippen molar-refractivity contribution in [3.63, 3.8) is 0 Å². The van der Waals surface area contributed by atoms with Gasteiger partial charge in [-0.25, -0.2) is 0 Å². The van der Waals surface area contributed by atoms with E-state index in [0.717, 1.165) is 29.9 Å². The first-order chi connectivity index (χ1) is 9.60. The fourth-order valence-corrected chi connectivity index (χ4v) is 1.70. The highest BCUT2D eigenvalue weighted by molar-refractivity contribution is 5.70. The highest BCUT2D eigenvalue weighted by Gasteiger charge is 2.12. The Labute approximate surface area is 120 Å². The zero-order valence-corrected chi connectivity index (χ0v) is 12.5. The van der Waals surface area contributed by atoms with Gasteiger partial charge in [0.25, 0.3) is 0 Å². The molecule has 1 unspecified atom stereocenters. The number of hydrogen-bond donors (Lipinski definition) is 2. The zero-order valence-electron chi connectivity index (χ0n) is 12.5. The van der Waals surface area contributed by atoms with Gasteiger partial charge in [0, 0.05) is 11.3 Å². The van der Waals surface area contributed by atoms with Crippen LogP contribution in [0.3, 0.4) is 0 Å². The minimum Gasteiger partial charge on any atom is -0.402 e. The van der Waals surface area contributed by atoms with Gasteiger partial charge in [-0.3, -0.25) is 0 Å². The van der Waals surface area contributed by atoms with E-state index in [1.54, 1.807) is 6.33 Å². The molecule has 5 heteroatoms. The Morgan fingerprint density at radius 3 is 2.90 bits per heavy atom. The Bertz CT molecular complexity index is 496. The molecule has 0 bridgehead atoms. The molecule has 0 amide bonds. The van der Waals surface area contributed by atoms with Crippen molar-refractivity contribution < 1.29 is 5.11 Å². The minimum absolute atomic E-state index is 0.0507. The monoisotopic (exact) mass is 276 g/mol. The normalized spacial score (nSPS) is 15.0. The Kier molecular flexibility index (Phi) is 6.73. The van der Waals surface area contributed by atoms with Crippen LogP contribution in [0.25, 0.3) is 5.57 Å². The molecule has 1 heterocycles. The Balaban J connectivity index is 3.09. The van der Waals surface area contributed by atoms with Gasteiger partial charge in [-0.1, -0.05) is 31.6 Å². The number of hydrogen-bond acceptors (Lipinski definition) is 4. The maximum Gasteiger partial charge on any atom is 0.163 e. The summed E-state index contributed by atoms with van der Waals surface area (Å²) in [4.78, 5) is 0. The van der Waals surface area contributed by atoms with Crippen LogP contribution < -0.4 is 5.73 Å². The van der Waals surface area contributed by atoms with E-state index in [2.05, 4.69) is 23.2 Å². The lowest BCUT2D eigenvalue weighted by atomic mass is 10.1. The lowest BCUT2D eigenvalue weighted by molar-refractivity contribution is 0.238. The van der Waals surface area contributed by atoms with Crippen molar-refractivity contribution in [1.82, 2.24) is 14.8 Å². The summed E-state index contributed by atoms with van der Waals surface area (Å²) in [5.41, 5.74) is 7.36. The van der Waals surface area contributed by atoms with Gasteiger partial charge in [-0.2, -0.15) is 0 Å². The molecule has 0 saturated carbocycles. The summed E-state index contributed by atoms with van der Waals surface area (Å²) in [6.07, 6.45) is 11.5. The number of nitrogens with zero attached hydrogens (tertiary/aromatic N) is 3. The Hall–Kier alpha value is -1.88. The molecule has 110 valence electrons. The summed E-state index contributed by atoms with van der Waals surface area (Å²) >= 11 is 0. The van der Waals surface area contributed by atoms with Crippen LogP contribution in [0.1, 0.15) is 45.5 Å². The van der Waals surface area contributed by atoms with Gasteiger partial charge >= 0.3 is 0 Å². The molecule has 3 N–H and O–H groups in total. The molecule has 0 radical (unpaired) electrons. The smallest absolute Gasteiger partial charge is 0.163 e. The largest absolute Gasteiger partial charge is 0.402 e. The molecule has 0 aliphatic carbocycles. The summed E-state index contributed by atoms with van der Waals surface area (Å²) in [5, 5.41) is 17.4. The lowest BCUT2D eigenvalue weighted by Gasteiger charge is -2.12. The second-order valence-electron chi connectivity index (χ2n) is 4.81. The predicted molar refractivity (Wildman–Crippen MR) is 81.8 cm³/mol. The molecule has 1 aromatic heterocycles. The number of aromatic nitrogens is 3. The molecule has 0 spiro atoms. The van der Waals surface area contributed by atoms with E-state index in [9.17, 15) is 5.11 Å². The molecule has 20 heavy (non-hydrogen) atoms. The topological polar surface area (TPSA) is 77.0 Å². The third-order valence-corrected chi connectivity index (χ3v) is 2.86. The second-order valence-corrected chi connectivity index (χ2v) is 4.81. The summed E-state index contributed by atoms with van der Waals surface area (Å²) in [5.74, 6) is 0.763. The average Bonchev–Trinajstić information content (AvgIpc) is 2.90. The molecule has 0 aliphatic rings. The standard InChI is InChI=1S/C15H24N4O/c1-4-5-8-14(9-6-7-12(2)16)15-18-17-11-19(15)13(3)10-20/h6-9,11,13,20H,4-5,10,16H2,1-3H3/b9-6-,12-7+,14-8-. The molecular weight excluding hydrogens is 252 g/mol. The lowest BCUT2D eigenvalue weighted by Crippen LogP contribution is -2.11. The van der Waals surface area contributed by atoms with Crippen molar-refractivity contribution >= 4 is 5.57 Å². The van der Waals surface area contributed by atoms with E-state index >= 15 is 0 Å². The van der Waals surface area contributed by atoms with Crippen LogP contribution in [0.4, 0.5) is 0 Å². The minimum atomic E-state index is -0.0507. The van der Waals surface area contributed by atoms with Crippen LogP contribution in [0, 0.1) is 0 Å². The predicted octanol–water partition coefficient (Wildman–Crippen LogP) is 2.43. The van der Waals surface area contributed by atoms with Crippen molar-refractivity contribution in [2.24, 2.45) is 5.73 Å². The SMILES string of the molecule is CCC/C=C(/C=C\C=C(/C)N)c1nncn1C(C)CO. The van der Waals surface area contributed by atoms with Crippen molar-refractivity contribution in [2.75, 3.05) is 6.61 Å². The van der Waals surface area contributed by atoms with E-state index in [-0.39, 0.29) is 12.6 Å². The van der Waals surface area contributed by atoms with Gasteiger partial charge in [-0.05, 0) is 26.3 Å². The molecule has 1 atom stereocenters. The van der Waals surface area contributed by atoms with Crippen LogP contribution >= 0.6 is 0 Å². The summed E-state index contributed by atoms with van der Waals surface area (Å²) < 4.78 is 1.88. The summed E-state index contributed by atoms with van der Waals surface area (Å²) in [6, 6.07) is -0.0507. The Morgan fingerprint density at radius 1 is 1.55 bits per heavy atom. The van der Waals surface area contributed by atoms with E-state index in [1.165, 1.54) is 0 Å². The van der Waals surface area contributed by atoms with Crippen LogP contribution in [0.5, 0.6) is 0 Å². The number of rotatable bonds is 7. The van der Waals surface area contributed by atoms with Crippen LogP contribution in [-0.4, -0.2) is 26.5 Å². The van der Waals surface area contributed by atoms with Gasteiger partial charge in [-0.15, -0.1) is 10.2 Å². The fourth-order valence-electron chi connectivity index (χ4n) is 1.70. The molecule has 0 aromatic carbocycles. The second kappa shape index (κ2) is 8.32. The maximum absolute atomic E-state index is 9.30. The van der Waals surface area contributed by atoms with E-state index in [0.29, 0.717) is 0 Å². The summed E-state index contributed by atoms with van der Waals surface area (Å²) in [7, 11) is 0. The number of aliphatic hydroxyl groups excluding tert-OH is 1. The number of aliphatic hydroxyl groups is 1. The van der Waals surface area contributed by atoms with E-state index in [1.807, 2.05) is 36.6 Å². The Morgan fingerprint density at radius 2 is 2.30 bits per heavy atom. The van der Waals surface area contributed by atoms with Gasteiger partial charge in [0.05, 0.1) is 12.6 Å². The highest BCUT2D eigenvalue weighted by Crippen LogP contribution is 2.18. The highest BCUT2D eigenvalue weighted by atomic mass is 16.3. The van der Waals surface area contributed by atoms with Crippen molar-refractivity contribution in [2.45, 2.75) is 39.7 Å². The number of nitrogens with two attached hydrogens (primary N) is 1. The van der Waals surface area contributed by atoms with Crippen LogP contribution in [0.15, 0.2) is 36.3 Å². The quantitative estimate of drug-likeness (QED) is 0.750. The van der Waals surface area contributed by atoms with E-state index < -0.39 is 0 Å². The fraction of sp³-hybridized carbons (Fsp3) is 0.467. The number of unbranched alkanes of at least 4 members (excludes halogenated alkanes) is 1. The maximum atomic E-state index is 9.30. The van der Waals surface area contributed by atoms with Crippen molar-refractivity contribution in [3.05, 3.63) is 42.2 Å². The first-order valence-corrected chi connectivity index (χ1v) is 6.91. The van der Waals surface area contributed by atoms with Crippen LogP contribution in [0.2, 0.25) is 0 Å². The molecule has 1 rings (SSSR count). The molecular formula is C15H24N4O. The summed E-state index contributed by atoms with van der Waals surface area (Å²) in [6.45, 7) is 5.95. The molecule has 0 aliphatic heterocycles. The molecule has 1 aromatic rings. The molecule has 5 nitrogen and oxygen atoms in total. The molecule has 0 fully saturated rings. The van der Waals surface area contributed by atoms with Gasteiger partial charge < -0.3 is 15.4 Å². The van der Waals surface area contributed by atoms with Crippen LogP contribution in [-0.2, 0) is 0 Å². The third-order valence-electron chi connectivity index (χ3n) is 2.86. The number of allylic oxidation sites excluding steroid dienone is 6. The van der Waals surface area contributed by atoms with Crippen molar-refractivity contribution in [3.8, 4) is 0 Å². The first-order valence-electron chi connectivity index (χ1n) is 6.91. The van der Waals surface area contributed by atoms with Gasteiger partial charge in [0.2, 0.25) is 0 Å². The third kappa shape index (κ3) is 4.66. The molecule has 0 saturated heterocycles.